The van der Waals surface area contributed by atoms with Crippen LogP contribution in [0.1, 0.15) is 45.3 Å². The van der Waals surface area contributed by atoms with E-state index in [9.17, 15) is 5.11 Å². The van der Waals surface area contributed by atoms with Crippen molar-refractivity contribution < 1.29 is 9.52 Å². The molecule has 5 heteroatoms. The van der Waals surface area contributed by atoms with E-state index in [1.54, 1.807) is 0 Å². The van der Waals surface area contributed by atoms with Crippen molar-refractivity contribution in [1.29, 1.82) is 0 Å². The fourth-order valence-corrected chi connectivity index (χ4v) is 3.16. The Labute approximate surface area is 150 Å². The third-order valence-electron chi connectivity index (χ3n) is 4.84. The van der Waals surface area contributed by atoms with Gasteiger partial charge in [-0.2, -0.15) is 0 Å². The van der Waals surface area contributed by atoms with Crippen molar-refractivity contribution in [3.8, 4) is 0 Å². The average Bonchev–Trinajstić information content (AvgIpc) is 3.10. The van der Waals surface area contributed by atoms with Crippen molar-refractivity contribution in [1.82, 2.24) is 4.98 Å². The fraction of sp³-hybridized carbons (Fsp3) is 0.550. The summed E-state index contributed by atoms with van der Waals surface area (Å²) >= 11 is 0. The maximum atomic E-state index is 9.32. The Hall–Kier alpha value is -2.01. The summed E-state index contributed by atoms with van der Waals surface area (Å²) in [5, 5.41) is 12.8. The van der Waals surface area contributed by atoms with Crippen LogP contribution in [0.2, 0.25) is 0 Å². The number of para-hydroxylation sites is 2. The number of aromatic nitrogens is 1. The van der Waals surface area contributed by atoms with E-state index in [0.29, 0.717) is 25.0 Å². The summed E-state index contributed by atoms with van der Waals surface area (Å²) in [6.45, 7) is 9.20. The van der Waals surface area contributed by atoms with Gasteiger partial charge in [0.1, 0.15) is 5.76 Å². The zero-order valence-electron chi connectivity index (χ0n) is 15.5. The van der Waals surface area contributed by atoms with Crippen LogP contribution in [-0.2, 0) is 12.0 Å². The van der Waals surface area contributed by atoms with E-state index in [1.807, 2.05) is 12.3 Å². The van der Waals surface area contributed by atoms with Gasteiger partial charge < -0.3 is 19.7 Å². The second-order valence-corrected chi connectivity index (χ2v) is 7.85. The molecule has 1 aliphatic heterocycles. The molecule has 0 saturated carbocycles. The molecule has 0 spiro atoms. The van der Waals surface area contributed by atoms with Gasteiger partial charge in [-0.1, -0.05) is 32.9 Å². The van der Waals surface area contributed by atoms with Crippen LogP contribution in [0, 0.1) is 5.92 Å². The number of aliphatic hydroxyl groups is 1. The number of benzene rings is 1. The molecule has 5 nitrogen and oxygen atoms in total. The van der Waals surface area contributed by atoms with Crippen molar-refractivity contribution in [2.45, 2.75) is 45.6 Å². The highest BCUT2D eigenvalue weighted by atomic mass is 16.4. The minimum atomic E-state index is -0.0276. The number of aliphatic hydroxyl groups excluding tert-OH is 1. The number of hydrogen-bond acceptors (Lipinski definition) is 5. The minimum absolute atomic E-state index is 0.0276. The summed E-state index contributed by atoms with van der Waals surface area (Å²) in [6.07, 6.45) is 3.90. The van der Waals surface area contributed by atoms with Gasteiger partial charge in [-0.05, 0) is 30.9 Å². The second-order valence-electron chi connectivity index (χ2n) is 7.85. The van der Waals surface area contributed by atoms with E-state index in [4.69, 9.17) is 4.42 Å². The van der Waals surface area contributed by atoms with E-state index < -0.39 is 0 Å². The lowest BCUT2D eigenvalue weighted by Gasteiger charge is -2.34. The predicted octanol–water partition coefficient (Wildman–Crippen LogP) is 3.79. The van der Waals surface area contributed by atoms with Crippen LogP contribution in [0.3, 0.4) is 0 Å². The Morgan fingerprint density at radius 3 is 2.60 bits per heavy atom. The zero-order chi connectivity index (χ0) is 17.9. The number of piperidine rings is 1. The van der Waals surface area contributed by atoms with Gasteiger partial charge in [0.2, 0.25) is 5.89 Å². The molecule has 0 unspecified atom stereocenters. The normalized spacial score (nSPS) is 16.2. The molecule has 3 rings (SSSR count). The van der Waals surface area contributed by atoms with Gasteiger partial charge >= 0.3 is 0 Å². The molecule has 136 valence electrons. The highest BCUT2D eigenvalue weighted by Gasteiger charge is 2.21. The lowest BCUT2D eigenvalue weighted by atomic mass is 9.94. The molecule has 1 aromatic carbocycles. The lowest BCUT2D eigenvalue weighted by molar-refractivity contribution is 0.203. The second kappa shape index (κ2) is 7.48. The summed E-state index contributed by atoms with van der Waals surface area (Å²) in [5.74, 6) is 2.06. The molecule has 0 amide bonds. The molecule has 2 N–H and O–H groups in total. The first-order chi connectivity index (χ1) is 12.0. The van der Waals surface area contributed by atoms with Crippen LogP contribution in [-0.4, -0.2) is 29.8 Å². The first kappa shape index (κ1) is 17.8. The summed E-state index contributed by atoms with van der Waals surface area (Å²) in [7, 11) is 0. The quantitative estimate of drug-likeness (QED) is 0.865. The molecule has 1 saturated heterocycles. The van der Waals surface area contributed by atoms with E-state index in [0.717, 1.165) is 37.4 Å². The molecule has 1 fully saturated rings. The average molecular weight is 343 g/mol. The first-order valence-corrected chi connectivity index (χ1v) is 9.11. The van der Waals surface area contributed by atoms with Crippen LogP contribution >= 0.6 is 0 Å². The van der Waals surface area contributed by atoms with Crippen molar-refractivity contribution in [3.05, 3.63) is 42.1 Å². The van der Waals surface area contributed by atoms with Crippen molar-refractivity contribution in [3.63, 3.8) is 0 Å². The van der Waals surface area contributed by atoms with E-state index in [-0.39, 0.29) is 5.41 Å². The Bertz CT molecular complexity index is 682. The van der Waals surface area contributed by atoms with Crippen molar-refractivity contribution >= 4 is 11.4 Å². The molecule has 0 atom stereocenters. The van der Waals surface area contributed by atoms with Gasteiger partial charge in [0, 0.05) is 25.1 Å². The van der Waals surface area contributed by atoms with Crippen LogP contribution < -0.4 is 10.2 Å². The van der Waals surface area contributed by atoms with Crippen molar-refractivity contribution in [2.24, 2.45) is 5.92 Å². The number of nitrogens with zero attached hydrogens (tertiary/aromatic N) is 2. The Morgan fingerprint density at radius 1 is 1.24 bits per heavy atom. The molecule has 1 aliphatic rings. The molecule has 2 heterocycles. The Balaban J connectivity index is 1.66. The molecule has 25 heavy (non-hydrogen) atoms. The lowest BCUT2D eigenvalue weighted by Crippen LogP contribution is -2.35. The summed E-state index contributed by atoms with van der Waals surface area (Å²) in [6, 6.07) is 8.36. The highest BCUT2D eigenvalue weighted by Crippen LogP contribution is 2.30. The molecule has 2 aromatic rings. The Morgan fingerprint density at radius 2 is 1.96 bits per heavy atom. The van der Waals surface area contributed by atoms with E-state index >= 15 is 0 Å². The topological polar surface area (TPSA) is 61.5 Å². The van der Waals surface area contributed by atoms with E-state index in [2.05, 4.69) is 54.2 Å². The number of nitrogens with one attached hydrogen (secondary N) is 1. The van der Waals surface area contributed by atoms with Crippen LogP contribution in [0.15, 0.2) is 34.9 Å². The first-order valence-electron chi connectivity index (χ1n) is 9.11. The van der Waals surface area contributed by atoms with Crippen LogP contribution in [0.5, 0.6) is 0 Å². The molecule has 0 bridgehead atoms. The molecular formula is C20H29N3O2. The number of hydrogen-bond donors (Lipinski definition) is 2. The van der Waals surface area contributed by atoms with Gasteiger partial charge in [0.05, 0.1) is 24.1 Å². The standard InChI is InChI=1S/C20H29N3O2/c1-20(2,3)18-12-22-19(25-18)13-21-16-6-4-5-7-17(16)23-10-8-15(14-24)9-11-23/h4-7,12,15,21,24H,8-11,13-14H2,1-3H3. The third kappa shape index (κ3) is 4.34. The van der Waals surface area contributed by atoms with Crippen molar-refractivity contribution in [2.75, 3.05) is 29.9 Å². The zero-order valence-corrected chi connectivity index (χ0v) is 15.5. The number of oxazole rings is 1. The number of anilines is 2. The fourth-order valence-electron chi connectivity index (χ4n) is 3.16. The minimum Gasteiger partial charge on any atom is -0.443 e. The Kier molecular flexibility index (Phi) is 5.33. The summed E-state index contributed by atoms with van der Waals surface area (Å²) in [5.41, 5.74) is 2.28. The summed E-state index contributed by atoms with van der Waals surface area (Å²) < 4.78 is 5.87. The molecular weight excluding hydrogens is 314 g/mol. The smallest absolute Gasteiger partial charge is 0.213 e. The van der Waals surface area contributed by atoms with Gasteiger partial charge in [-0.3, -0.25) is 0 Å². The van der Waals surface area contributed by atoms with Gasteiger partial charge in [-0.25, -0.2) is 4.98 Å². The van der Waals surface area contributed by atoms with E-state index in [1.165, 1.54) is 5.69 Å². The summed E-state index contributed by atoms with van der Waals surface area (Å²) in [4.78, 5) is 6.78. The van der Waals surface area contributed by atoms with Gasteiger partial charge in [-0.15, -0.1) is 0 Å². The highest BCUT2D eigenvalue weighted by molar-refractivity contribution is 5.70. The monoisotopic (exact) mass is 343 g/mol. The maximum absolute atomic E-state index is 9.32. The van der Waals surface area contributed by atoms with Gasteiger partial charge in [0.25, 0.3) is 0 Å². The largest absolute Gasteiger partial charge is 0.443 e. The maximum Gasteiger partial charge on any atom is 0.213 e. The molecule has 0 aliphatic carbocycles. The molecule has 1 aromatic heterocycles. The molecule has 0 radical (unpaired) electrons. The van der Waals surface area contributed by atoms with Gasteiger partial charge in [0.15, 0.2) is 0 Å². The third-order valence-corrected chi connectivity index (χ3v) is 4.84. The predicted molar refractivity (Wildman–Crippen MR) is 101 cm³/mol. The van der Waals surface area contributed by atoms with Crippen LogP contribution in [0.4, 0.5) is 11.4 Å². The number of rotatable bonds is 5. The van der Waals surface area contributed by atoms with Crippen LogP contribution in [0.25, 0.3) is 0 Å². The SMILES string of the molecule is CC(C)(C)c1cnc(CNc2ccccc2N2CCC(CO)CC2)o1.